The summed E-state index contributed by atoms with van der Waals surface area (Å²) in [6.07, 6.45) is -0.313. The van der Waals surface area contributed by atoms with Crippen LogP contribution in [-0.2, 0) is 0 Å². The Morgan fingerprint density at radius 1 is 1.25 bits per heavy atom. The summed E-state index contributed by atoms with van der Waals surface area (Å²) in [5, 5.41) is 10.4. The lowest BCUT2D eigenvalue weighted by molar-refractivity contribution is -0.0241. The van der Waals surface area contributed by atoms with E-state index in [4.69, 9.17) is 16.3 Å². The van der Waals surface area contributed by atoms with Gasteiger partial charge in [-0.3, -0.25) is 0 Å². The lowest BCUT2D eigenvalue weighted by atomic mass is 10.0. The van der Waals surface area contributed by atoms with Gasteiger partial charge in [-0.15, -0.1) is 0 Å². The van der Waals surface area contributed by atoms with Crippen LogP contribution in [0.2, 0.25) is 5.02 Å². The average Bonchev–Trinajstić information content (AvgIpc) is 2.12. The van der Waals surface area contributed by atoms with Crippen molar-refractivity contribution in [2.24, 2.45) is 0 Å². The zero-order valence-corrected chi connectivity index (χ0v) is 11.2. The molecule has 0 radical (unpaired) electrons. The molecule has 0 fully saturated rings. The maximum Gasteiger partial charge on any atom is 0.138 e. The van der Waals surface area contributed by atoms with Crippen LogP contribution in [-0.4, -0.2) is 16.8 Å². The summed E-state index contributed by atoms with van der Waals surface area (Å²) in [7, 11) is 0. The Morgan fingerprint density at radius 2 is 1.75 bits per heavy atom. The lowest BCUT2D eigenvalue weighted by Crippen LogP contribution is -2.37. The SMILES string of the molecule is Cc1cc(Cl)c(OC(C)C(C)(C)O)cc1C. The van der Waals surface area contributed by atoms with E-state index in [2.05, 4.69) is 0 Å². The van der Waals surface area contributed by atoms with E-state index in [1.165, 1.54) is 0 Å². The quantitative estimate of drug-likeness (QED) is 0.879. The Morgan fingerprint density at radius 3 is 2.25 bits per heavy atom. The van der Waals surface area contributed by atoms with Crippen molar-refractivity contribution < 1.29 is 9.84 Å². The van der Waals surface area contributed by atoms with Crippen molar-refractivity contribution >= 4 is 11.6 Å². The second kappa shape index (κ2) is 4.64. The fourth-order valence-electron chi connectivity index (χ4n) is 1.18. The van der Waals surface area contributed by atoms with Crippen molar-refractivity contribution in [2.45, 2.75) is 46.3 Å². The Balaban J connectivity index is 2.94. The first-order valence-corrected chi connectivity index (χ1v) is 5.75. The normalized spacial score (nSPS) is 13.7. The van der Waals surface area contributed by atoms with Gasteiger partial charge in [0.05, 0.1) is 10.6 Å². The molecule has 0 aliphatic heterocycles. The predicted molar refractivity (Wildman–Crippen MR) is 67.3 cm³/mol. The average molecular weight is 243 g/mol. The van der Waals surface area contributed by atoms with Gasteiger partial charge in [-0.05, 0) is 57.9 Å². The van der Waals surface area contributed by atoms with Gasteiger partial charge in [0.1, 0.15) is 11.9 Å². The van der Waals surface area contributed by atoms with Crippen molar-refractivity contribution in [3.63, 3.8) is 0 Å². The van der Waals surface area contributed by atoms with Crippen molar-refractivity contribution in [1.29, 1.82) is 0 Å². The van der Waals surface area contributed by atoms with E-state index < -0.39 is 5.60 Å². The number of aryl methyl sites for hydroxylation is 2. The van der Waals surface area contributed by atoms with Gasteiger partial charge in [0, 0.05) is 0 Å². The summed E-state index contributed by atoms with van der Waals surface area (Å²) in [6, 6.07) is 3.78. The zero-order chi connectivity index (χ0) is 12.5. The summed E-state index contributed by atoms with van der Waals surface area (Å²) >= 11 is 6.09. The molecular weight excluding hydrogens is 224 g/mol. The van der Waals surface area contributed by atoms with Gasteiger partial charge < -0.3 is 9.84 Å². The standard InChI is InChI=1S/C13H19ClO2/c1-8-6-11(14)12(7-9(8)2)16-10(3)13(4,5)15/h6-7,10,15H,1-5H3. The van der Waals surface area contributed by atoms with Crippen LogP contribution in [0.1, 0.15) is 31.9 Å². The van der Waals surface area contributed by atoms with E-state index in [1.54, 1.807) is 13.8 Å². The van der Waals surface area contributed by atoms with Crippen LogP contribution < -0.4 is 4.74 Å². The summed E-state index contributed by atoms with van der Waals surface area (Å²) < 4.78 is 5.66. The van der Waals surface area contributed by atoms with E-state index in [9.17, 15) is 5.11 Å². The zero-order valence-electron chi connectivity index (χ0n) is 10.5. The summed E-state index contributed by atoms with van der Waals surface area (Å²) in [5.41, 5.74) is 1.37. The lowest BCUT2D eigenvalue weighted by Gasteiger charge is -2.27. The number of hydrogen-bond donors (Lipinski definition) is 1. The highest BCUT2D eigenvalue weighted by molar-refractivity contribution is 6.32. The van der Waals surface area contributed by atoms with Crippen molar-refractivity contribution in [2.75, 3.05) is 0 Å². The summed E-state index contributed by atoms with van der Waals surface area (Å²) in [6.45, 7) is 9.27. The van der Waals surface area contributed by atoms with Gasteiger partial charge in [0.15, 0.2) is 0 Å². The second-order valence-corrected chi connectivity index (χ2v) is 5.19. The van der Waals surface area contributed by atoms with E-state index >= 15 is 0 Å². The third-order valence-corrected chi connectivity index (χ3v) is 3.14. The Bertz CT molecular complexity index is 380. The number of ether oxygens (including phenoxy) is 1. The molecule has 2 nitrogen and oxygen atoms in total. The number of benzene rings is 1. The predicted octanol–water partition coefficient (Wildman–Crippen LogP) is 3.50. The molecule has 0 amide bonds. The number of halogens is 1. The molecule has 0 bridgehead atoms. The van der Waals surface area contributed by atoms with Gasteiger partial charge in [-0.25, -0.2) is 0 Å². The highest BCUT2D eigenvalue weighted by Crippen LogP contribution is 2.30. The van der Waals surface area contributed by atoms with Crippen LogP contribution in [0.25, 0.3) is 0 Å². The molecule has 1 aromatic rings. The van der Waals surface area contributed by atoms with Crippen LogP contribution in [0.15, 0.2) is 12.1 Å². The molecular formula is C13H19ClO2. The fourth-order valence-corrected chi connectivity index (χ4v) is 1.44. The molecule has 16 heavy (non-hydrogen) atoms. The van der Waals surface area contributed by atoms with Crippen molar-refractivity contribution in [3.8, 4) is 5.75 Å². The maximum absolute atomic E-state index is 9.79. The summed E-state index contributed by atoms with van der Waals surface area (Å²) in [5.74, 6) is 0.624. The topological polar surface area (TPSA) is 29.5 Å². The molecule has 0 heterocycles. The van der Waals surface area contributed by atoms with Gasteiger partial charge in [-0.1, -0.05) is 11.6 Å². The van der Waals surface area contributed by atoms with E-state index in [0.717, 1.165) is 11.1 Å². The van der Waals surface area contributed by atoms with Crippen molar-refractivity contribution in [3.05, 3.63) is 28.3 Å². The van der Waals surface area contributed by atoms with Crippen LogP contribution >= 0.6 is 11.6 Å². The van der Waals surface area contributed by atoms with Gasteiger partial charge in [0.25, 0.3) is 0 Å². The largest absolute Gasteiger partial charge is 0.486 e. The molecule has 0 spiro atoms. The third-order valence-electron chi connectivity index (χ3n) is 2.85. The van der Waals surface area contributed by atoms with Crippen LogP contribution in [0.5, 0.6) is 5.75 Å². The molecule has 1 N–H and O–H groups in total. The van der Waals surface area contributed by atoms with Crippen LogP contribution in [0.3, 0.4) is 0 Å². The smallest absolute Gasteiger partial charge is 0.138 e. The van der Waals surface area contributed by atoms with Crippen LogP contribution in [0.4, 0.5) is 0 Å². The van der Waals surface area contributed by atoms with Gasteiger partial charge in [-0.2, -0.15) is 0 Å². The Labute approximate surface area is 102 Å². The molecule has 0 saturated heterocycles. The first-order valence-electron chi connectivity index (χ1n) is 5.37. The first kappa shape index (κ1) is 13.3. The first-order chi connectivity index (χ1) is 7.21. The molecule has 0 aromatic heterocycles. The molecule has 1 aromatic carbocycles. The van der Waals surface area contributed by atoms with E-state index in [0.29, 0.717) is 10.8 Å². The molecule has 0 saturated carbocycles. The molecule has 1 unspecified atom stereocenters. The molecule has 90 valence electrons. The molecule has 0 aliphatic rings. The molecule has 1 rings (SSSR count). The number of rotatable bonds is 3. The molecule has 0 aliphatic carbocycles. The highest BCUT2D eigenvalue weighted by Gasteiger charge is 2.24. The van der Waals surface area contributed by atoms with Crippen LogP contribution in [0, 0.1) is 13.8 Å². The van der Waals surface area contributed by atoms with Gasteiger partial charge >= 0.3 is 0 Å². The minimum absolute atomic E-state index is 0.313. The number of aliphatic hydroxyl groups is 1. The van der Waals surface area contributed by atoms with Gasteiger partial charge in [0.2, 0.25) is 0 Å². The van der Waals surface area contributed by atoms with E-state index in [1.807, 2.05) is 32.9 Å². The fraction of sp³-hybridized carbons (Fsp3) is 0.538. The molecule has 1 atom stereocenters. The third kappa shape index (κ3) is 3.13. The Kier molecular flexibility index (Phi) is 3.87. The second-order valence-electron chi connectivity index (χ2n) is 4.78. The molecule has 3 heteroatoms. The monoisotopic (exact) mass is 242 g/mol. The maximum atomic E-state index is 9.79. The number of hydrogen-bond acceptors (Lipinski definition) is 2. The highest BCUT2D eigenvalue weighted by atomic mass is 35.5. The minimum Gasteiger partial charge on any atom is -0.486 e. The van der Waals surface area contributed by atoms with E-state index in [-0.39, 0.29) is 6.10 Å². The van der Waals surface area contributed by atoms with Crippen molar-refractivity contribution in [1.82, 2.24) is 0 Å². The minimum atomic E-state index is -0.887. The summed E-state index contributed by atoms with van der Waals surface area (Å²) in [4.78, 5) is 0. The Hall–Kier alpha value is -0.730.